The number of nitrogens with one attached hydrogen (secondary N) is 1. The molecule has 0 aromatic heterocycles. The number of methoxy groups -OCH3 is 1. The zero-order chi connectivity index (χ0) is 19.2. The minimum atomic E-state index is -3.18. The predicted molar refractivity (Wildman–Crippen MR) is 106 cm³/mol. The fraction of sp³-hybridized carbons (Fsp3) is 0.611. The van der Waals surface area contributed by atoms with Gasteiger partial charge in [-0.2, -0.15) is 0 Å². The number of rotatable bonds is 8. The van der Waals surface area contributed by atoms with Crippen LogP contribution in [0.3, 0.4) is 0 Å². The maximum atomic E-state index is 12.4. The molecule has 1 saturated heterocycles. The highest BCUT2D eigenvalue weighted by Gasteiger charge is 2.30. The fourth-order valence-electron chi connectivity index (χ4n) is 3.01. The lowest BCUT2D eigenvalue weighted by Gasteiger charge is -2.30. The zero-order valence-corrected chi connectivity index (χ0v) is 17.7. The molecule has 0 bridgehead atoms. The zero-order valence-electron chi connectivity index (χ0n) is 15.3. The Hall–Kier alpha value is -1.12. The van der Waals surface area contributed by atoms with Gasteiger partial charge in [0.25, 0.3) is 0 Å². The number of unbranched alkanes of at least 4 members (excludes halogenated alkanes) is 1. The maximum Gasteiger partial charge on any atom is 0.223 e. The van der Waals surface area contributed by atoms with Crippen LogP contribution >= 0.6 is 15.9 Å². The molecule has 0 radical (unpaired) electrons. The van der Waals surface area contributed by atoms with E-state index in [2.05, 4.69) is 21.2 Å². The number of benzene rings is 1. The van der Waals surface area contributed by atoms with Crippen molar-refractivity contribution < 1.29 is 17.9 Å². The fourth-order valence-corrected chi connectivity index (χ4v) is 5.27. The van der Waals surface area contributed by atoms with Crippen LogP contribution in [0.25, 0.3) is 0 Å². The smallest absolute Gasteiger partial charge is 0.223 e. The van der Waals surface area contributed by atoms with Crippen LogP contribution in [-0.2, 0) is 21.4 Å². The predicted octanol–water partition coefficient (Wildman–Crippen LogP) is 2.92. The highest BCUT2D eigenvalue weighted by Crippen LogP contribution is 2.26. The van der Waals surface area contributed by atoms with Crippen molar-refractivity contribution >= 4 is 31.9 Å². The number of halogens is 1. The summed E-state index contributed by atoms with van der Waals surface area (Å²) in [7, 11) is -1.57. The molecule has 0 unspecified atom stereocenters. The first-order valence-electron chi connectivity index (χ1n) is 8.95. The van der Waals surface area contributed by atoms with Crippen molar-refractivity contribution in [2.75, 3.05) is 26.0 Å². The molecule has 1 heterocycles. The van der Waals surface area contributed by atoms with Crippen LogP contribution in [0.1, 0.15) is 38.2 Å². The molecule has 0 spiro atoms. The number of amides is 1. The van der Waals surface area contributed by atoms with Gasteiger partial charge >= 0.3 is 0 Å². The highest BCUT2D eigenvalue weighted by molar-refractivity contribution is 9.10. The van der Waals surface area contributed by atoms with Gasteiger partial charge in [0, 0.05) is 25.6 Å². The lowest BCUT2D eigenvalue weighted by Crippen LogP contribution is -2.43. The molecule has 1 aromatic carbocycles. The highest BCUT2D eigenvalue weighted by atomic mass is 79.9. The summed E-state index contributed by atoms with van der Waals surface area (Å²) in [6, 6.07) is 5.68. The van der Waals surface area contributed by atoms with Gasteiger partial charge < -0.3 is 10.1 Å². The van der Waals surface area contributed by atoms with Crippen LogP contribution in [-0.4, -0.2) is 44.6 Å². The van der Waals surface area contributed by atoms with Crippen LogP contribution in [0.5, 0.6) is 5.75 Å². The summed E-state index contributed by atoms with van der Waals surface area (Å²) in [5.74, 6) is 0.806. The number of carbonyl (C=O) groups is 1. The molecule has 1 aliphatic heterocycles. The monoisotopic (exact) mass is 446 g/mol. The third kappa shape index (κ3) is 5.69. The number of nitrogens with zero attached hydrogens (tertiary/aromatic N) is 1. The van der Waals surface area contributed by atoms with Crippen molar-refractivity contribution in [1.29, 1.82) is 0 Å². The number of hydrogen-bond donors (Lipinski definition) is 1. The number of ether oxygens (including phenoxy) is 1. The minimum Gasteiger partial charge on any atom is -0.496 e. The van der Waals surface area contributed by atoms with Gasteiger partial charge in [-0.3, -0.25) is 4.79 Å². The van der Waals surface area contributed by atoms with Gasteiger partial charge in [0.15, 0.2) is 0 Å². The summed E-state index contributed by atoms with van der Waals surface area (Å²) < 4.78 is 32.0. The summed E-state index contributed by atoms with van der Waals surface area (Å²) in [5, 5.41) is 2.95. The van der Waals surface area contributed by atoms with Crippen molar-refractivity contribution in [2.24, 2.45) is 5.92 Å². The summed E-state index contributed by atoms with van der Waals surface area (Å²) >= 11 is 3.43. The molecular weight excluding hydrogens is 420 g/mol. The number of carbonyl (C=O) groups excluding carboxylic acids is 1. The molecule has 0 atom stereocenters. The van der Waals surface area contributed by atoms with E-state index in [4.69, 9.17) is 4.74 Å². The van der Waals surface area contributed by atoms with E-state index >= 15 is 0 Å². The largest absolute Gasteiger partial charge is 0.496 e. The molecule has 1 fully saturated rings. The second kappa shape index (κ2) is 9.71. The van der Waals surface area contributed by atoms with Gasteiger partial charge in [-0.1, -0.05) is 19.4 Å². The normalized spacial score (nSPS) is 16.4. The molecule has 1 N–H and O–H groups in total. The quantitative estimate of drug-likeness (QED) is 0.665. The summed E-state index contributed by atoms with van der Waals surface area (Å²) in [5.41, 5.74) is 0.977. The lowest BCUT2D eigenvalue weighted by molar-refractivity contribution is -0.126. The summed E-state index contributed by atoms with van der Waals surface area (Å²) in [6.45, 7) is 3.28. The van der Waals surface area contributed by atoms with Gasteiger partial charge in [-0.25, -0.2) is 12.7 Å². The van der Waals surface area contributed by atoms with Crippen LogP contribution in [0.15, 0.2) is 22.7 Å². The van der Waals surface area contributed by atoms with E-state index in [-0.39, 0.29) is 17.6 Å². The average Bonchev–Trinajstić information content (AvgIpc) is 2.64. The van der Waals surface area contributed by atoms with Gasteiger partial charge in [0.2, 0.25) is 15.9 Å². The Morgan fingerprint density at radius 1 is 1.35 bits per heavy atom. The van der Waals surface area contributed by atoms with E-state index in [0.717, 1.165) is 22.2 Å². The molecule has 146 valence electrons. The van der Waals surface area contributed by atoms with Crippen LogP contribution in [0.4, 0.5) is 0 Å². The van der Waals surface area contributed by atoms with Crippen molar-refractivity contribution in [3.8, 4) is 5.75 Å². The molecular formula is C18H27BrN2O4S. The minimum absolute atomic E-state index is 0.0115. The van der Waals surface area contributed by atoms with E-state index in [0.29, 0.717) is 38.9 Å². The molecule has 1 amide bonds. The Morgan fingerprint density at radius 2 is 2.04 bits per heavy atom. The van der Waals surface area contributed by atoms with E-state index < -0.39 is 10.0 Å². The van der Waals surface area contributed by atoms with Gasteiger partial charge in [-0.15, -0.1) is 0 Å². The van der Waals surface area contributed by atoms with E-state index in [9.17, 15) is 13.2 Å². The lowest BCUT2D eigenvalue weighted by atomic mass is 9.97. The Bertz CT molecular complexity index is 716. The first-order valence-corrected chi connectivity index (χ1v) is 11.4. The van der Waals surface area contributed by atoms with Crippen LogP contribution in [0.2, 0.25) is 0 Å². The van der Waals surface area contributed by atoms with Crippen LogP contribution < -0.4 is 10.1 Å². The van der Waals surface area contributed by atoms with E-state index in [1.807, 2.05) is 25.1 Å². The number of sulfonamides is 1. The molecule has 1 aliphatic rings. The molecule has 8 heteroatoms. The Labute approximate surface area is 164 Å². The topological polar surface area (TPSA) is 75.7 Å². The first-order chi connectivity index (χ1) is 12.4. The van der Waals surface area contributed by atoms with Crippen molar-refractivity contribution in [2.45, 2.75) is 39.2 Å². The first kappa shape index (κ1) is 21.2. The second-order valence-electron chi connectivity index (χ2n) is 6.53. The molecule has 6 nitrogen and oxygen atoms in total. The maximum absolute atomic E-state index is 12.4. The Balaban J connectivity index is 1.82. The van der Waals surface area contributed by atoms with Crippen molar-refractivity contribution in [3.05, 3.63) is 28.2 Å². The number of piperidine rings is 1. The van der Waals surface area contributed by atoms with Gasteiger partial charge in [0.05, 0.1) is 17.3 Å². The number of hydrogen-bond acceptors (Lipinski definition) is 4. The van der Waals surface area contributed by atoms with E-state index in [1.54, 1.807) is 7.11 Å². The summed E-state index contributed by atoms with van der Waals surface area (Å²) in [4.78, 5) is 12.4. The SMILES string of the molecule is CCCCS(=O)(=O)N1CCC(C(=O)NCc2ccc(OC)c(Br)c2)CC1. The third-order valence-electron chi connectivity index (χ3n) is 4.66. The molecule has 0 saturated carbocycles. The summed E-state index contributed by atoms with van der Waals surface area (Å²) in [6.07, 6.45) is 2.69. The van der Waals surface area contributed by atoms with Crippen molar-refractivity contribution in [1.82, 2.24) is 9.62 Å². The molecule has 1 aromatic rings. The van der Waals surface area contributed by atoms with Crippen LogP contribution in [0, 0.1) is 5.92 Å². The Kier molecular flexibility index (Phi) is 7.91. The standard InChI is InChI=1S/C18H27BrN2O4S/c1-3-4-11-26(23,24)21-9-7-15(8-10-21)18(22)20-13-14-5-6-17(25-2)16(19)12-14/h5-6,12,15H,3-4,7-11,13H2,1-2H3,(H,20,22). The third-order valence-corrected chi connectivity index (χ3v) is 7.23. The average molecular weight is 447 g/mol. The Morgan fingerprint density at radius 3 is 2.62 bits per heavy atom. The molecule has 2 rings (SSSR count). The second-order valence-corrected chi connectivity index (χ2v) is 9.47. The van der Waals surface area contributed by atoms with Gasteiger partial charge in [-0.05, 0) is 52.9 Å². The molecule has 26 heavy (non-hydrogen) atoms. The molecule has 0 aliphatic carbocycles. The van der Waals surface area contributed by atoms with Gasteiger partial charge in [0.1, 0.15) is 5.75 Å². The van der Waals surface area contributed by atoms with E-state index in [1.165, 1.54) is 4.31 Å². The van der Waals surface area contributed by atoms with Crippen molar-refractivity contribution in [3.63, 3.8) is 0 Å².